The first kappa shape index (κ1) is 17.7. The zero-order valence-corrected chi connectivity index (χ0v) is 15.3. The van der Waals surface area contributed by atoms with E-state index in [1.807, 2.05) is 4.57 Å². The minimum atomic E-state index is -0.398. The van der Waals surface area contributed by atoms with E-state index in [-0.39, 0.29) is 17.8 Å². The minimum Gasteiger partial charge on any atom is -0.376 e. The summed E-state index contributed by atoms with van der Waals surface area (Å²) in [4.78, 5) is 29.7. The largest absolute Gasteiger partial charge is 0.376 e. The predicted molar refractivity (Wildman–Crippen MR) is 95.7 cm³/mol. The van der Waals surface area contributed by atoms with Crippen LogP contribution in [0.5, 0.6) is 0 Å². The number of carbonyl (C=O) groups is 2. The van der Waals surface area contributed by atoms with E-state index in [1.165, 1.54) is 0 Å². The molecule has 0 aromatic carbocycles. The van der Waals surface area contributed by atoms with Crippen molar-refractivity contribution in [3.63, 3.8) is 0 Å². The number of carbonyl (C=O) groups excluding carboxylic acids is 2. The number of aryl methyl sites for hydroxylation is 1. The number of nitrogens with zero attached hydrogens (tertiary/aromatic N) is 3. The third kappa shape index (κ3) is 3.73. The number of hydrogen-bond acceptors (Lipinski definition) is 6. The van der Waals surface area contributed by atoms with Gasteiger partial charge in [0.25, 0.3) is 11.8 Å². The number of nitrogens with one attached hydrogen (secondary N) is 2. The summed E-state index contributed by atoms with van der Waals surface area (Å²) < 4.78 is 12.4. The third-order valence-electron chi connectivity index (χ3n) is 4.92. The lowest BCUT2D eigenvalue weighted by Gasteiger charge is -2.17. The highest BCUT2D eigenvalue weighted by atomic mass is 16.5. The van der Waals surface area contributed by atoms with Crippen molar-refractivity contribution in [3.8, 4) is 0 Å². The molecule has 1 fully saturated rings. The van der Waals surface area contributed by atoms with Crippen LogP contribution in [-0.4, -0.2) is 45.8 Å². The number of rotatable bonds is 5. The molecule has 0 bridgehead atoms. The summed E-state index contributed by atoms with van der Waals surface area (Å²) in [5.41, 5.74) is 1.14. The normalized spacial score (nSPS) is 18.9. The van der Waals surface area contributed by atoms with Crippen molar-refractivity contribution in [1.29, 1.82) is 0 Å². The maximum Gasteiger partial charge on any atom is 0.292 e. The van der Waals surface area contributed by atoms with Crippen LogP contribution in [0.3, 0.4) is 0 Å². The Morgan fingerprint density at radius 3 is 2.93 bits per heavy atom. The molecule has 9 nitrogen and oxygen atoms in total. The summed E-state index contributed by atoms with van der Waals surface area (Å²) in [7, 11) is 0. The topological polar surface area (TPSA) is 111 Å². The highest BCUT2D eigenvalue weighted by Crippen LogP contribution is 2.22. The Morgan fingerprint density at radius 1 is 1.30 bits per heavy atom. The van der Waals surface area contributed by atoms with Gasteiger partial charge in [-0.15, -0.1) is 0 Å². The maximum absolute atomic E-state index is 12.7. The second kappa shape index (κ2) is 7.51. The first-order chi connectivity index (χ1) is 13.1. The zero-order chi connectivity index (χ0) is 18.8. The van der Waals surface area contributed by atoms with Gasteiger partial charge in [0.2, 0.25) is 0 Å². The van der Waals surface area contributed by atoms with Crippen LogP contribution >= 0.6 is 0 Å². The molecule has 2 aromatic rings. The summed E-state index contributed by atoms with van der Waals surface area (Å²) in [5, 5.41) is 9.35. The van der Waals surface area contributed by atoms with Gasteiger partial charge in [0, 0.05) is 25.8 Å². The fourth-order valence-electron chi connectivity index (χ4n) is 3.59. The van der Waals surface area contributed by atoms with E-state index < -0.39 is 5.91 Å². The molecule has 2 N–H and O–H groups in total. The van der Waals surface area contributed by atoms with E-state index >= 15 is 0 Å². The van der Waals surface area contributed by atoms with Gasteiger partial charge in [-0.3, -0.25) is 9.59 Å². The Labute approximate surface area is 156 Å². The number of hydrogen-bond donors (Lipinski definition) is 2. The fraction of sp³-hybridized carbons (Fsp3) is 0.556. The van der Waals surface area contributed by atoms with Crippen LogP contribution in [0.15, 0.2) is 10.6 Å². The van der Waals surface area contributed by atoms with Crippen molar-refractivity contribution >= 4 is 17.6 Å². The average molecular weight is 373 g/mol. The molecule has 4 heterocycles. The molecule has 144 valence electrons. The molecular formula is C18H23N5O4. The second-order valence-electron chi connectivity index (χ2n) is 6.96. The summed E-state index contributed by atoms with van der Waals surface area (Å²) in [6, 6.07) is 1.63. The van der Waals surface area contributed by atoms with Crippen molar-refractivity contribution < 1.29 is 18.8 Å². The average Bonchev–Trinajstić information content (AvgIpc) is 3.39. The lowest BCUT2D eigenvalue weighted by molar-refractivity contribution is 0.0853. The van der Waals surface area contributed by atoms with E-state index in [9.17, 15) is 9.59 Å². The number of amides is 2. The second-order valence-corrected chi connectivity index (χ2v) is 6.96. The van der Waals surface area contributed by atoms with Gasteiger partial charge in [0.15, 0.2) is 11.6 Å². The van der Waals surface area contributed by atoms with Gasteiger partial charge in [0.1, 0.15) is 11.5 Å². The molecule has 2 aliphatic heterocycles. The van der Waals surface area contributed by atoms with Crippen molar-refractivity contribution in [2.24, 2.45) is 0 Å². The van der Waals surface area contributed by atoms with E-state index in [2.05, 4.69) is 20.8 Å². The molecule has 2 aromatic heterocycles. The molecule has 0 radical (unpaired) electrons. The Morgan fingerprint density at radius 2 is 2.19 bits per heavy atom. The number of ether oxygens (including phenoxy) is 1. The summed E-state index contributed by atoms with van der Waals surface area (Å²) in [6.07, 6.45) is 4.68. The molecule has 2 aliphatic rings. The fourth-order valence-corrected chi connectivity index (χ4v) is 3.59. The van der Waals surface area contributed by atoms with E-state index in [4.69, 9.17) is 9.26 Å². The van der Waals surface area contributed by atoms with Crippen LogP contribution in [0, 0.1) is 6.92 Å². The number of aromatic nitrogens is 3. The molecule has 1 saturated heterocycles. The lowest BCUT2D eigenvalue weighted by Crippen LogP contribution is -2.32. The minimum absolute atomic E-state index is 0.0607. The van der Waals surface area contributed by atoms with Crippen LogP contribution in [0.2, 0.25) is 0 Å². The molecule has 1 atom stereocenters. The molecule has 1 unspecified atom stereocenters. The molecule has 27 heavy (non-hydrogen) atoms. The first-order valence-corrected chi connectivity index (χ1v) is 9.35. The Bertz CT molecular complexity index is 850. The smallest absolute Gasteiger partial charge is 0.292 e. The summed E-state index contributed by atoms with van der Waals surface area (Å²) in [5.74, 6) is 0.504. The van der Waals surface area contributed by atoms with Crippen molar-refractivity contribution in [1.82, 2.24) is 20.0 Å². The molecule has 2 amide bonds. The molecule has 0 aliphatic carbocycles. The number of fused-ring (bicyclic) bond motifs is 1. The maximum atomic E-state index is 12.7. The molecule has 9 heteroatoms. The van der Waals surface area contributed by atoms with Gasteiger partial charge < -0.3 is 24.5 Å². The van der Waals surface area contributed by atoms with E-state index in [0.29, 0.717) is 30.4 Å². The Hall–Kier alpha value is -2.68. The lowest BCUT2D eigenvalue weighted by atomic mass is 10.1. The highest BCUT2D eigenvalue weighted by Gasteiger charge is 2.28. The molecule has 0 saturated carbocycles. The Balaban J connectivity index is 1.53. The molecular weight excluding hydrogens is 350 g/mol. The van der Waals surface area contributed by atoms with Crippen molar-refractivity contribution in [2.75, 3.05) is 18.5 Å². The SMILES string of the molecule is Cc1cc(NC(=O)c2nc(C(=O)NCC3CCCO3)c3n2CCCC3)no1. The summed E-state index contributed by atoms with van der Waals surface area (Å²) >= 11 is 0. The van der Waals surface area contributed by atoms with Crippen LogP contribution < -0.4 is 10.6 Å². The quantitative estimate of drug-likeness (QED) is 0.825. The summed E-state index contributed by atoms with van der Waals surface area (Å²) in [6.45, 7) is 3.62. The van der Waals surface area contributed by atoms with Gasteiger partial charge in [-0.05, 0) is 39.0 Å². The number of anilines is 1. The third-order valence-corrected chi connectivity index (χ3v) is 4.92. The van der Waals surface area contributed by atoms with Crippen LogP contribution in [0.1, 0.15) is 58.2 Å². The predicted octanol–water partition coefficient (Wildman–Crippen LogP) is 1.68. The van der Waals surface area contributed by atoms with Gasteiger partial charge in [-0.25, -0.2) is 4.98 Å². The zero-order valence-electron chi connectivity index (χ0n) is 15.3. The van der Waals surface area contributed by atoms with E-state index in [1.54, 1.807) is 13.0 Å². The van der Waals surface area contributed by atoms with Crippen molar-refractivity contribution in [2.45, 2.75) is 51.7 Å². The van der Waals surface area contributed by atoms with Gasteiger partial charge in [0.05, 0.1) is 11.8 Å². The monoisotopic (exact) mass is 373 g/mol. The first-order valence-electron chi connectivity index (χ1n) is 9.35. The highest BCUT2D eigenvalue weighted by molar-refractivity contribution is 6.03. The van der Waals surface area contributed by atoms with Crippen LogP contribution in [-0.2, 0) is 17.7 Å². The van der Waals surface area contributed by atoms with Crippen LogP contribution in [0.4, 0.5) is 5.82 Å². The van der Waals surface area contributed by atoms with E-state index in [0.717, 1.165) is 44.4 Å². The number of imidazole rings is 1. The van der Waals surface area contributed by atoms with Crippen molar-refractivity contribution in [3.05, 3.63) is 29.0 Å². The van der Waals surface area contributed by atoms with Crippen LogP contribution in [0.25, 0.3) is 0 Å². The van der Waals surface area contributed by atoms with Gasteiger partial charge in [-0.1, -0.05) is 5.16 Å². The van der Waals surface area contributed by atoms with Gasteiger partial charge in [-0.2, -0.15) is 0 Å². The Kier molecular flexibility index (Phi) is 4.93. The molecule has 0 spiro atoms. The molecule has 4 rings (SSSR count). The standard InChI is InChI=1S/C18H23N5O4/c1-11-9-14(22-27-11)20-18(25)16-21-15(13-6-2-3-7-23(13)16)17(24)19-10-12-5-4-8-26-12/h9,12H,2-8,10H2,1H3,(H,19,24)(H,20,22,25). The van der Waals surface area contributed by atoms with Gasteiger partial charge >= 0.3 is 0 Å².